The molecule has 0 unspecified atom stereocenters. The highest BCUT2D eigenvalue weighted by Crippen LogP contribution is 2.22. The summed E-state index contributed by atoms with van der Waals surface area (Å²) in [7, 11) is 0. The normalized spacial score (nSPS) is 10.8. The van der Waals surface area contributed by atoms with Gasteiger partial charge in [-0.05, 0) is 37.3 Å². The second-order valence-electron chi connectivity index (χ2n) is 5.29. The van der Waals surface area contributed by atoms with E-state index in [9.17, 15) is 9.59 Å². The molecular formula is C17H13Cl3N4O2. The molecule has 1 N–H and O–H groups in total. The van der Waals surface area contributed by atoms with Crippen molar-refractivity contribution < 1.29 is 4.79 Å². The van der Waals surface area contributed by atoms with E-state index in [1.54, 1.807) is 36.5 Å². The first-order chi connectivity index (χ1) is 12.4. The van der Waals surface area contributed by atoms with Gasteiger partial charge in [0.05, 0.1) is 22.5 Å². The van der Waals surface area contributed by atoms with Gasteiger partial charge in [-0.2, -0.15) is 5.10 Å². The number of nitrogens with zero attached hydrogens (tertiary/aromatic N) is 3. The summed E-state index contributed by atoms with van der Waals surface area (Å²) >= 11 is 18.0. The zero-order chi connectivity index (χ0) is 18.8. The number of aromatic nitrogens is 3. The lowest BCUT2D eigenvalue weighted by Crippen LogP contribution is -2.22. The minimum absolute atomic E-state index is 0.0417. The quantitative estimate of drug-likeness (QED) is 0.711. The topological polar surface area (TPSA) is 68.9 Å². The van der Waals surface area contributed by atoms with Crippen molar-refractivity contribution in [2.75, 3.05) is 6.54 Å². The third kappa shape index (κ3) is 3.35. The van der Waals surface area contributed by atoms with E-state index in [2.05, 4.69) is 10.4 Å². The molecule has 1 aromatic carbocycles. The van der Waals surface area contributed by atoms with Gasteiger partial charge >= 0.3 is 0 Å². The number of carbonyl (C=O) groups is 1. The van der Waals surface area contributed by atoms with Crippen LogP contribution < -0.4 is 10.9 Å². The van der Waals surface area contributed by atoms with Crippen LogP contribution in [0.15, 0.2) is 47.5 Å². The van der Waals surface area contributed by atoms with Crippen molar-refractivity contribution in [2.45, 2.75) is 6.92 Å². The van der Waals surface area contributed by atoms with Gasteiger partial charge in [0.2, 0.25) is 0 Å². The average Bonchev–Trinajstić information content (AvgIpc) is 3.02. The third-order valence-electron chi connectivity index (χ3n) is 3.65. The van der Waals surface area contributed by atoms with Crippen molar-refractivity contribution in [3.63, 3.8) is 0 Å². The molecule has 2 aromatic heterocycles. The van der Waals surface area contributed by atoms with Gasteiger partial charge in [-0.1, -0.05) is 34.8 Å². The summed E-state index contributed by atoms with van der Waals surface area (Å²) in [5, 5.41) is 7.19. The SMILES string of the molecule is CCNC(=O)c1cnn(-c2ccc(-n3ccc(Cl)c(Cl)c3=O)cc2)c1Cl. The molecule has 6 nitrogen and oxygen atoms in total. The zero-order valence-electron chi connectivity index (χ0n) is 13.5. The van der Waals surface area contributed by atoms with Gasteiger partial charge in [0, 0.05) is 18.4 Å². The van der Waals surface area contributed by atoms with Crippen LogP contribution in [-0.2, 0) is 0 Å². The lowest BCUT2D eigenvalue weighted by Gasteiger charge is -2.09. The fourth-order valence-corrected chi connectivity index (χ4v) is 2.94. The molecule has 2 heterocycles. The smallest absolute Gasteiger partial charge is 0.275 e. The van der Waals surface area contributed by atoms with Crippen LogP contribution in [0.1, 0.15) is 17.3 Å². The van der Waals surface area contributed by atoms with Crippen LogP contribution in [0, 0.1) is 0 Å². The van der Waals surface area contributed by atoms with Crippen LogP contribution in [0.2, 0.25) is 15.2 Å². The maximum atomic E-state index is 12.2. The molecule has 0 fully saturated rings. The van der Waals surface area contributed by atoms with Crippen LogP contribution in [0.3, 0.4) is 0 Å². The Kier molecular flexibility index (Phi) is 5.36. The van der Waals surface area contributed by atoms with Gasteiger partial charge in [0.25, 0.3) is 11.5 Å². The molecule has 0 saturated carbocycles. The second-order valence-corrected chi connectivity index (χ2v) is 6.43. The first-order valence-corrected chi connectivity index (χ1v) is 8.76. The van der Waals surface area contributed by atoms with Crippen molar-refractivity contribution >= 4 is 40.7 Å². The van der Waals surface area contributed by atoms with Gasteiger partial charge in [0.15, 0.2) is 0 Å². The van der Waals surface area contributed by atoms with Crippen LogP contribution in [0.4, 0.5) is 0 Å². The third-order valence-corrected chi connectivity index (χ3v) is 4.79. The minimum atomic E-state index is -0.414. The second kappa shape index (κ2) is 7.53. The van der Waals surface area contributed by atoms with Crippen molar-refractivity contribution in [1.82, 2.24) is 19.7 Å². The lowest BCUT2D eigenvalue weighted by atomic mass is 10.2. The van der Waals surface area contributed by atoms with E-state index in [1.807, 2.05) is 6.92 Å². The Balaban J connectivity index is 1.95. The standard InChI is InChI=1S/C17H13Cl3N4O2/c1-2-21-16(25)12-9-22-24(15(12)20)11-5-3-10(4-6-11)23-8-7-13(18)14(19)17(23)26/h3-9H,2H2,1H3,(H,21,25). The number of amides is 1. The summed E-state index contributed by atoms with van der Waals surface area (Å²) < 4.78 is 2.82. The summed E-state index contributed by atoms with van der Waals surface area (Å²) in [5.74, 6) is -0.289. The fourth-order valence-electron chi connectivity index (χ4n) is 2.37. The maximum absolute atomic E-state index is 12.2. The largest absolute Gasteiger partial charge is 0.352 e. The number of hydrogen-bond acceptors (Lipinski definition) is 3. The number of halogens is 3. The molecule has 0 atom stereocenters. The van der Waals surface area contributed by atoms with E-state index in [0.29, 0.717) is 23.5 Å². The maximum Gasteiger partial charge on any atom is 0.275 e. The van der Waals surface area contributed by atoms with Crippen molar-refractivity contribution in [3.05, 3.63) is 73.8 Å². The van der Waals surface area contributed by atoms with Crippen LogP contribution >= 0.6 is 34.8 Å². The van der Waals surface area contributed by atoms with Crippen molar-refractivity contribution in [2.24, 2.45) is 0 Å². The Bertz CT molecular complexity index is 1030. The van der Waals surface area contributed by atoms with E-state index >= 15 is 0 Å². The van der Waals surface area contributed by atoms with Crippen molar-refractivity contribution in [1.29, 1.82) is 0 Å². The number of pyridine rings is 1. The molecule has 0 aliphatic carbocycles. The van der Waals surface area contributed by atoms with Crippen molar-refractivity contribution in [3.8, 4) is 11.4 Å². The van der Waals surface area contributed by atoms with E-state index in [4.69, 9.17) is 34.8 Å². The number of carbonyl (C=O) groups excluding carboxylic acids is 1. The zero-order valence-corrected chi connectivity index (χ0v) is 15.8. The average molecular weight is 412 g/mol. The number of benzene rings is 1. The molecule has 9 heteroatoms. The Labute approximate surface area is 163 Å². The van der Waals surface area contributed by atoms with E-state index in [0.717, 1.165) is 0 Å². The minimum Gasteiger partial charge on any atom is -0.352 e. The molecular weight excluding hydrogens is 399 g/mol. The Hall–Kier alpha value is -2.28. The molecule has 1 amide bonds. The summed E-state index contributed by atoms with van der Waals surface area (Å²) in [6, 6.07) is 8.42. The Morgan fingerprint density at radius 3 is 2.42 bits per heavy atom. The summed E-state index contributed by atoms with van der Waals surface area (Å²) in [6.07, 6.45) is 2.95. The Morgan fingerprint density at radius 2 is 1.77 bits per heavy atom. The summed E-state index contributed by atoms with van der Waals surface area (Å²) in [5.41, 5.74) is 1.12. The van der Waals surface area contributed by atoms with Gasteiger partial charge in [0.1, 0.15) is 10.2 Å². The predicted molar refractivity (Wildman–Crippen MR) is 102 cm³/mol. The molecule has 134 valence electrons. The predicted octanol–water partition coefficient (Wildman–Crippen LogP) is 3.73. The number of nitrogens with one attached hydrogen (secondary N) is 1. The van der Waals surface area contributed by atoms with E-state index < -0.39 is 5.56 Å². The van der Waals surface area contributed by atoms with Gasteiger partial charge in [-0.3, -0.25) is 14.2 Å². The first kappa shape index (κ1) is 18.5. The lowest BCUT2D eigenvalue weighted by molar-refractivity contribution is 0.0956. The highest BCUT2D eigenvalue weighted by Gasteiger charge is 2.16. The molecule has 3 rings (SSSR count). The molecule has 0 aliphatic rings. The molecule has 0 saturated heterocycles. The molecule has 26 heavy (non-hydrogen) atoms. The van der Waals surface area contributed by atoms with Crippen LogP contribution in [0.5, 0.6) is 0 Å². The summed E-state index contributed by atoms with van der Waals surface area (Å²) in [6.45, 7) is 2.31. The molecule has 0 bridgehead atoms. The number of rotatable bonds is 4. The van der Waals surface area contributed by atoms with Gasteiger partial charge < -0.3 is 5.32 Å². The molecule has 0 spiro atoms. The van der Waals surface area contributed by atoms with Crippen LogP contribution in [-0.4, -0.2) is 26.8 Å². The molecule has 0 radical (unpaired) electrons. The van der Waals surface area contributed by atoms with Crippen LogP contribution in [0.25, 0.3) is 11.4 Å². The first-order valence-electron chi connectivity index (χ1n) is 7.63. The Morgan fingerprint density at radius 1 is 1.12 bits per heavy atom. The van der Waals surface area contributed by atoms with E-state index in [1.165, 1.54) is 15.4 Å². The van der Waals surface area contributed by atoms with Gasteiger partial charge in [-0.15, -0.1) is 0 Å². The molecule has 0 aliphatic heterocycles. The highest BCUT2D eigenvalue weighted by molar-refractivity contribution is 6.41. The fraction of sp³-hybridized carbons (Fsp3) is 0.118. The highest BCUT2D eigenvalue weighted by atomic mass is 35.5. The van der Waals surface area contributed by atoms with Gasteiger partial charge in [-0.25, -0.2) is 4.68 Å². The molecule has 3 aromatic rings. The summed E-state index contributed by atoms with van der Waals surface area (Å²) in [4.78, 5) is 24.1. The monoisotopic (exact) mass is 410 g/mol. The van der Waals surface area contributed by atoms with E-state index in [-0.39, 0.29) is 21.1 Å². The number of hydrogen-bond donors (Lipinski definition) is 1.